The highest BCUT2D eigenvalue weighted by molar-refractivity contribution is 5.77. The van der Waals surface area contributed by atoms with Crippen LogP contribution in [0.2, 0.25) is 0 Å². The molecule has 1 fully saturated rings. The zero-order valence-electron chi connectivity index (χ0n) is 19.7. The molecule has 1 N–H and O–H groups in total. The number of hydrogen-bond donors (Lipinski definition) is 1. The van der Waals surface area contributed by atoms with Crippen LogP contribution in [0.15, 0.2) is 42.5 Å². The van der Waals surface area contributed by atoms with Crippen LogP contribution in [0.25, 0.3) is 11.0 Å². The van der Waals surface area contributed by atoms with Crippen LogP contribution >= 0.6 is 0 Å². The summed E-state index contributed by atoms with van der Waals surface area (Å²) in [5.41, 5.74) is 5.23. The maximum Gasteiger partial charge on any atom is 0.141 e. The smallest absolute Gasteiger partial charge is 0.141 e. The number of aliphatic hydroxyl groups is 1. The van der Waals surface area contributed by atoms with Gasteiger partial charge in [0.25, 0.3) is 0 Å². The van der Waals surface area contributed by atoms with E-state index in [0.29, 0.717) is 5.92 Å². The highest BCUT2D eigenvalue weighted by atomic mass is 16.5. The van der Waals surface area contributed by atoms with Crippen LogP contribution in [0.1, 0.15) is 48.8 Å². The molecule has 0 amide bonds. The van der Waals surface area contributed by atoms with Gasteiger partial charge in [-0.15, -0.1) is 0 Å². The first kappa shape index (κ1) is 21.6. The van der Waals surface area contributed by atoms with Gasteiger partial charge in [-0.05, 0) is 74.8 Å². The quantitative estimate of drug-likeness (QED) is 0.654. The highest BCUT2D eigenvalue weighted by Gasteiger charge is 2.37. The molecule has 5 heteroatoms. The molecule has 1 saturated heterocycles. The molecule has 0 unspecified atom stereocenters. The number of methoxy groups -OCH3 is 1. The number of nitrogens with zero attached hydrogens (tertiary/aromatic N) is 3. The number of ether oxygens (including phenoxy) is 1. The van der Waals surface area contributed by atoms with Crippen LogP contribution in [-0.2, 0) is 23.2 Å². The lowest BCUT2D eigenvalue weighted by Gasteiger charge is -2.40. The number of piperidine rings is 1. The summed E-state index contributed by atoms with van der Waals surface area (Å²) in [6.07, 6.45) is 3.41. The number of imidazole rings is 1. The molecule has 0 radical (unpaired) electrons. The summed E-state index contributed by atoms with van der Waals surface area (Å²) in [6, 6.07) is 15.4. The van der Waals surface area contributed by atoms with E-state index >= 15 is 0 Å². The van der Waals surface area contributed by atoms with Gasteiger partial charge in [-0.3, -0.25) is 0 Å². The van der Waals surface area contributed by atoms with Crippen molar-refractivity contribution in [2.24, 2.45) is 5.92 Å². The van der Waals surface area contributed by atoms with Crippen molar-refractivity contribution in [2.45, 2.75) is 57.8 Å². The van der Waals surface area contributed by atoms with Crippen molar-refractivity contribution in [3.05, 3.63) is 65.0 Å². The molecule has 2 aliphatic rings. The summed E-state index contributed by atoms with van der Waals surface area (Å²) in [5.74, 6) is 1.41. The fourth-order valence-electron chi connectivity index (χ4n) is 5.78. The maximum atomic E-state index is 10.9. The van der Waals surface area contributed by atoms with Crippen LogP contribution in [0.3, 0.4) is 0 Å². The van der Waals surface area contributed by atoms with E-state index in [2.05, 4.69) is 58.9 Å². The van der Waals surface area contributed by atoms with Gasteiger partial charge in [-0.25, -0.2) is 4.98 Å². The second-order valence-corrected chi connectivity index (χ2v) is 10.3. The zero-order valence-corrected chi connectivity index (χ0v) is 19.7. The predicted octanol–water partition coefficient (Wildman–Crippen LogP) is 4.25. The van der Waals surface area contributed by atoms with Crippen LogP contribution in [0.5, 0.6) is 0 Å². The number of aromatic nitrogens is 2. The lowest BCUT2D eigenvalue weighted by Crippen LogP contribution is -2.47. The van der Waals surface area contributed by atoms with Crippen molar-refractivity contribution in [1.82, 2.24) is 14.5 Å². The molecule has 5 nitrogen and oxygen atoms in total. The largest absolute Gasteiger partial charge is 0.383 e. The Labute approximate surface area is 191 Å². The molecule has 5 rings (SSSR count). The molecule has 2 heterocycles. The van der Waals surface area contributed by atoms with Crippen LogP contribution in [0, 0.1) is 12.8 Å². The summed E-state index contributed by atoms with van der Waals surface area (Å²) in [6.45, 7) is 8.79. The Hall–Kier alpha value is -2.21. The number of hydrogen-bond acceptors (Lipinski definition) is 4. The van der Waals surface area contributed by atoms with Crippen LogP contribution in [-0.4, -0.2) is 52.4 Å². The monoisotopic (exact) mass is 433 g/mol. The Bertz CT molecular complexity index is 1090. The van der Waals surface area contributed by atoms with Gasteiger partial charge < -0.3 is 19.3 Å². The lowest BCUT2D eigenvalue weighted by atomic mass is 9.97. The molecule has 2 atom stereocenters. The van der Waals surface area contributed by atoms with Gasteiger partial charge in [0.1, 0.15) is 11.4 Å². The van der Waals surface area contributed by atoms with E-state index in [1.807, 2.05) is 21.0 Å². The van der Waals surface area contributed by atoms with Crippen molar-refractivity contribution in [1.29, 1.82) is 0 Å². The number of fused-ring (bicyclic) bond motifs is 2. The van der Waals surface area contributed by atoms with Gasteiger partial charge in [0, 0.05) is 26.7 Å². The highest BCUT2D eigenvalue weighted by Crippen LogP contribution is 2.35. The maximum absolute atomic E-state index is 10.9. The Morgan fingerprint density at radius 2 is 1.84 bits per heavy atom. The van der Waals surface area contributed by atoms with Crippen molar-refractivity contribution in [3.63, 3.8) is 0 Å². The average Bonchev–Trinajstić information content (AvgIpc) is 3.34. The standard InChI is InChI=1S/C27H35N3O2/c1-18-9-10-23-22(13-18)28-26(27(2,3)31)30(23)24-11-12-29(17-25(24)32-4)16-19-14-20-7-5-6-8-21(20)15-19/h5-10,13,19,24-25,31H,11-12,14-17H2,1-4H3/t24-,25-/m1/s1. The van der Waals surface area contributed by atoms with E-state index in [0.717, 1.165) is 42.9 Å². The SMILES string of the molecule is CO[C@@H]1CN(CC2Cc3ccccc3C2)CC[C@H]1n1c(C(C)(C)O)nc2cc(C)ccc21. The molecule has 0 saturated carbocycles. The van der Waals surface area contributed by atoms with Crippen molar-refractivity contribution in [2.75, 3.05) is 26.7 Å². The van der Waals surface area contributed by atoms with E-state index in [1.165, 1.54) is 29.5 Å². The molecule has 0 bridgehead atoms. The molecule has 1 aliphatic heterocycles. The lowest BCUT2D eigenvalue weighted by molar-refractivity contribution is -0.0151. The minimum Gasteiger partial charge on any atom is -0.383 e. The zero-order chi connectivity index (χ0) is 22.5. The van der Waals surface area contributed by atoms with Gasteiger partial charge in [-0.1, -0.05) is 30.3 Å². The third kappa shape index (κ3) is 3.98. The number of aryl methyl sites for hydroxylation is 1. The summed E-state index contributed by atoms with van der Waals surface area (Å²) in [7, 11) is 1.82. The molecule has 3 aromatic rings. The topological polar surface area (TPSA) is 50.5 Å². The minimum absolute atomic E-state index is 0.0623. The normalized spacial score (nSPS) is 22.5. The Kier molecular flexibility index (Phi) is 5.60. The van der Waals surface area contributed by atoms with Crippen LogP contribution in [0.4, 0.5) is 0 Å². The number of rotatable bonds is 5. The first-order valence-electron chi connectivity index (χ1n) is 11.9. The predicted molar refractivity (Wildman–Crippen MR) is 128 cm³/mol. The van der Waals surface area contributed by atoms with E-state index in [9.17, 15) is 5.11 Å². The van der Waals surface area contributed by atoms with E-state index in [-0.39, 0.29) is 12.1 Å². The van der Waals surface area contributed by atoms with Crippen molar-refractivity contribution < 1.29 is 9.84 Å². The van der Waals surface area contributed by atoms with Crippen molar-refractivity contribution >= 4 is 11.0 Å². The molecular formula is C27H35N3O2. The summed E-state index contributed by atoms with van der Waals surface area (Å²) in [4.78, 5) is 7.44. The fraction of sp³-hybridized carbons (Fsp3) is 0.519. The van der Waals surface area contributed by atoms with Gasteiger partial charge in [0.15, 0.2) is 0 Å². The Morgan fingerprint density at radius 1 is 1.12 bits per heavy atom. The van der Waals surface area contributed by atoms with Gasteiger partial charge in [-0.2, -0.15) is 0 Å². The minimum atomic E-state index is -1.02. The van der Waals surface area contributed by atoms with E-state index in [4.69, 9.17) is 9.72 Å². The Morgan fingerprint density at radius 3 is 2.50 bits per heavy atom. The first-order valence-corrected chi connectivity index (χ1v) is 11.9. The van der Waals surface area contributed by atoms with Crippen LogP contribution < -0.4 is 0 Å². The second kappa shape index (κ2) is 8.29. The molecule has 170 valence electrons. The van der Waals surface area contributed by atoms with Gasteiger partial charge in [0.05, 0.1) is 23.2 Å². The Balaban J connectivity index is 1.38. The van der Waals surface area contributed by atoms with E-state index < -0.39 is 5.60 Å². The van der Waals surface area contributed by atoms with Gasteiger partial charge >= 0.3 is 0 Å². The molecule has 0 spiro atoms. The molecule has 32 heavy (non-hydrogen) atoms. The van der Waals surface area contributed by atoms with E-state index in [1.54, 1.807) is 0 Å². The molecule has 1 aliphatic carbocycles. The van der Waals surface area contributed by atoms with Crippen molar-refractivity contribution in [3.8, 4) is 0 Å². The third-order valence-electron chi connectivity index (χ3n) is 7.29. The molecule has 1 aromatic heterocycles. The second-order valence-electron chi connectivity index (χ2n) is 10.3. The fourth-order valence-corrected chi connectivity index (χ4v) is 5.78. The average molecular weight is 434 g/mol. The van der Waals surface area contributed by atoms with Gasteiger partial charge in [0.2, 0.25) is 0 Å². The number of benzene rings is 2. The first-order chi connectivity index (χ1) is 15.3. The summed E-state index contributed by atoms with van der Waals surface area (Å²) < 4.78 is 8.31. The molecular weight excluding hydrogens is 398 g/mol. The third-order valence-corrected chi connectivity index (χ3v) is 7.29. The molecule has 2 aromatic carbocycles. The summed E-state index contributed by atoms with van der Waals surface area (Å²) >= 11 is 0. The number of likely N-dealkylation sites (tertiary alicyclic amines) is 1. The summed E-state index contributed by atoms with van der Waals surface area (Å²) in [5, 5.41) is 10.9.